The van der Waals surface area contributed by atoms with Gasteiger partial charge < -0.3 is 4.98 Å². The Morgan fingerprint density at radius 3 is 2.37 bits per heavy atom. The number of hydrogen-bond donors (Lipinski definition) is 1. The number of alkyl halides is 3. The van der Waals surface area contributed by atoms with Crippen LogP contribution in [0.3, 0.4) is 0 Å². The van der Waals surface area contributed by atoms with Gasteiger partial charge in [0.25, 0.3) is 0 Å². The van der Waals surface area contributed by atoms with E-state index >= 15 is 0 Å². The number of halogens is 4. The van der Waals surface area contributed by atoms with Gasteiger partial charge in [-0.3, -0.25) is 0 Å². The maximum atomic E-state index is 15.0. The van der Waals surface area contributed by atoms with Gasteiger partial charge in [0, 0.05) is 28.8 Å². The molecule has 30 heavy (non-hydrogen) atoms. The van der Waals surface area contributed by atoms with Crippen molar-refractivity contribution in [2.45, 2.75) is 37.1 Å². The normalized spacial score (nSPS) is 17.3. The summed E-state index contributed by atoms with van der Waals surface area (Å²) in [4.78, 5) is 3.13. The first kappa shape index (κ1) is 20.9. The predicted molar refractivity (Wildman–Crippen MR) is 107 cm³/mol. The predicted octanol–water partition coefficient (Wildman–Crippen LogP) is 5.59. The van der Waals surface area contributed by atoms with Crippen molar-refractivity contribution >= 4 is 20.7 Å². The quantitative estimate of drug-likeness (QED) is 0.527. The Morgan fingerprint density at radius 1 is 1.10 bits per heavy atom. The Bertz CT molecular complexity index is 1230. The lowest BCUT2D eigenvalue weighted by molar-refractivity contribution is -0.137. The van der Waals surface area contributed by atoms with Gasteiger partial charge in [-0.25, -0.2) is 12.8 Å². The molecule has 2 aromatic carbocycles. The van der Waals surface area contributed by atoms with Gasteiger partial charge in [-0.1, -0.05) is 31.2 Å². The standard InChI is InChI=1S/C22H21F4NO2S/c1-21(14-6-7-14,17-9-8-15(10-19(17)23)22(24,25)26)18-11-27-20-13(12-30(2,28)29)4-3-5-16(18)20/h3-5,8-11,14,27H,6-7,12H2,1-2H3. The molecule has 1 atom stereocenters. The molecule has 160 valence electrons. The van der Waals surface area contributed by atoms with Crippen molar-refractivity contribution in [3.63, 3.8) is 0 Å². The molecule has 1 aliphatic rings. The number of sulfone groups is 1. The number of H-pyrrole nitrogens is 1. The number of aromatic amines is 1. The molecule has 0 bridgehead atoms. The number of para-hydroxylation sites is 1. The van der Waals surface area contributed by atoms with Crippen LogP contribution in [0.1, 0.15) is 42.0 Å². The van der Waals surface area contributed by atoms with Crippen molar-refractivity contribution in [2.75, 3.05) is 6.26 Å². The van der Waals surface area contributed by atoms with Crippen LogP contribution in [0.15, 0.2) is 42.6 Å². The van der Waals surface area contributed by atoms with E-state index in [2.05, 4.69) is 4.98 Å². The molecule has 0 radical (unpaired) electrons. The third-order valence-corrected chi connectivity index (χ3v) is 6.86. The van der Waals surface area contributed by atoms with Crippen LogP contribution in [0, 0.1) is 11.7 Å². The molecule has 4 rings (SSSR count). The van der Waals surface area contributed by atoms with Crippen LogP contribution < -0.4 is 0 Å². The molecule has 0 amide bonds. The molecule has 1 aliphatic carbocycles. The van der Waals surface area contributed by atoms with Crippen LogP contribution in [0.5, 0.6) is 0 Å². The van der Waals surface area contributed by atoms with Crippen LogP contribution in [0.4, 0.5) is 17.6 Å². The summed E-state index contributed by atoms with van der Waals surface area (Å²) in [7, 11) is -3.26. The molecule has 1 N–H and O–H groups in total. The molecule has 1 heterocycles. The highest BCUT2D eigenvalue weighted by atomic mass is 32.2. The van der Waals surface area contributed by atoms with Crippen molar-refractivity contribution in [2.24, 2.45) is 5.92 Å². The number of fused-ring (bicyclic) bond motifs is 1. The molecule has 3 nitrogen and oxygen atoms in total. The van der Waals surface area contributed by atoms with Crippen LogP contribution in [-0.2, 0) is 27.2 Å². The van der Waals surface area contributed by atoms with Gasteiger partial charge in [-0.2, -0.15) is 13.2 Å². The smallest absolute Gasteiger partial charge is 0.361 e. The van der Waals surface area contributed by atoms with E-state index in [1.807, 2.05) is 13.0 Å². The van der Waals surface area contributed by atoms with Crippen LogP contribution >= 0.6 is 0 Å². The average Bonchev–Trinajstić information content (AvgIpc) is 3.39. The maximum Gasteiger partial charge on any atom is 0.416 e. The van der Waals surface area contributed by atoms with Gasteiger partial charge in [-0.05, 0) is 47.6 Å². The maximum absolute atomic E-state index is 15.0. The Labute approximate surface area is 172 Å². The summed E-state index contributed by atoms with van der Waals surface area (Å²) in [6.07, 6.45) is -0.0521. The molecule has 0 saturated heterocycles. The Morgan fingerprint density at radius 2 is 1.80 bits per heavy atom. The van der Waals surface area contributed by atoms with Crippen molar-refractivity contribution in [3.8, 4) is 0 Å². The molecular weight excluding hydrogens is 418 g/mol. The van der Waals surface area contributed by atoms with E-state index in [9.17, 15) is 26.0 Å². The first-order valence-electron chi connectivity index (χ1n) is 9.55. The van der Waals surface area contributed by atoms with Gasteiger partial charge in [0.1, 0.15) is 5.82 Å². The molecular formula is C22H21F4NO2S. The summed E-state index contributed by atoms with van der Waals surface area (Å²) in [5, 5.41) is 0.754. The van der Waals surface area contributed by atoms with Gasteiger partial charge in [0.15, 0.2) is 9.84 Å². The van der Waals surface area contributed by atoms with E-state index in [1.165, 1.54) is 6.07 Å². The topological polar surface area (TPSA) is 49.9 Å². The zero-order chi connectivity index (χ0) is 21.9. The lowest BCUT2D eigenvalue weighted by atomic mass is 9.71. The zero-order valence-electron chi connectivity index (χ0n) is 16.5. The third kappa shape index (κ3) is 3.62. The number of hydrogen-bond acceptors (Lipinski definition) is 2. The molecule has 1 unspecified atom stereocenters. The van der Waals surface area contributed by atoms with E-state index in [4.69, 9.17) is 0 Å². The molecule has 0 spiro atoms. The summed E-state index contributed by atoms with van der Waals surface area (Å²) in [6.45, 7) is 1.85. The van der Waals surface area contributed by atoms with E-state index in [-0.39, 0.29) is 17.2 Å². The summed E-state index contributed by atoms with van der Waals surface area (Å²) in [6, 6.07) is 8.00. The summed E-state index contributed by atoms with van der Waals surface area (Å²) in [5.74, 6) is -0.943. The van der Waals surface area contributed by atoms with E-state index in [0.717, 1.165) is 36.1 Å². The Balaban J connectivity index is 1.89. The van der Waals surface area contributed by atoms with Crippen molar-refractivity contribution < 1.29 is 26.0 Å². The molecule has 1 aromatic heterocycles. The number of benzene rings is 2. The fraction of sp³-hybridized carbons (Fsp3) is 0.364. The average molecular weight is 439 g/mol. The molecule has 0 aliphatic heterocycles. The Kier molecular flexibility index (Phi) is 4.76. The lowest BCUT2D eigenvalue weighted by Crippen LogP contribution is -2.28. The third-order valence-electron chi connectivity index (χ3n) is 6.03. The number of nitrogens with one attached hydrogen (secondary N) is 1. The Hall–Kier alpha value is -2.35. The second kappa shape index (κ2) is 6.83. The highest BCUT2D eigenvalue weighted by Gasteiger charge is 2.47. The van der Waals surface area contributed by atoms with Crippen LogP contribution in [0.2, 0.25) is 0 Å². The largest absolute Gasteiger partial charge is 0.416 e. The first-order chi connectivity index (χ1) is 13.9. The monoisotopic (exact) mass is 439 g/mol. The summed E-state index contributed by atoms with van der Waals surface area (Å²) < 4.78 is 77.6. The van der Waals surface area contributed by atoms with Gasteiger partial charge in [-0.15, -0.1) is 0 Å². The van der Waals surface area contributed by atoms with Crippen molar-refractivity contribution in [1.29, 1.82) is 0 Å². The lowest BCUT2D eigenvalue weighted by Gasteiger charge is -2.31. The minimum absolute atomic E-state index is 0.0845. The minimum atomic E-state index is -4.61. The first-order valence-corrected chi connectivity index (χ1v) is 11.6. The van der Waals surface area contributed by atoms with Gasteiger partial charge in [0.2, 0.25) is 0 Å². The van der Waals surface area contributed by atoms with Gasteiger partial charge >= 0.3 is 6.18 Å². The molecule has 1 saturated carbocycles. The number of aromatic nitrogens is 1. The van der Waals surface area contributed by atoms with Gasteiger partial charge in [0.05, 0.1) is 11.3 Å². The van der Waals surface area contributed by atoms with Crippen LogP contribution in [-0.4, -0.2) is 19.7 Å². The van der Waals surface area contributed by atoms with E-state index in [0.29, 0.717) is 17.1 Å². The summed E-state index contributed by atoms with van der Waals surface area (Å²) >= 11 is 0. The molecule has 3 aromatic rings. The van der Waals surface area contributed by atoms with Crippen molar-refractivity contribution in [1.82, 2.24) is 4.98 Å². The molecule has 8 heteroatoms. The minimum Gasteiger partial charge on any atom is -0.361 e. The highest BCUT2D eigenvalue weighted by molar-refractivity contribution is 7.89. The SMILES string of the molecule is CC(c1ccc(C(F)(F)F)cc1F)(c1c[nH]c2c(CS(C)(=O)=O)cccc12)C1CC1. The van der Waals surface area contributed by atoms with Crippen LogP contribution in [0.25, 0.3) is 10.9 Å². The molecule has 1 fully saturated rings. The van der Waals surface area contributed by atoms with E-state index < -0.39 is 32.8 Å². The second-order valence-electron chi connectivity index (χ2n) is 8.28. The fourth-order valence-electron chi connectivity index (χ4n) is 4.41. The van der Waals surface area contributed by atoms with E-state index in [1.54, 1.807) is 18.3 Å². The highest BCUT2D eigenvalue weighted by Crippen LogP contribution is 2.53. The zero-order valence-corrected chi connectivity index (χ0v) is 17.3. The van der Waals surface area contributed by atoms with Crippen molar-refractivity contribution in [3.05, 3.63) is 70.7 Å². The number of rotatable bonds is 5. The fourth-order valence-corrected chi connectivity index (χ4v) is 5.21. The second-order valence-corrected chi connectivity index (χ2v) is 10.4. The summed E-state index contributed by atoms with van der Waals surface area (Å²) in [5.41, 5.74) is 0.373.